The molecule has 2 amide bonds. The number of ether oxygens (including phenoxy) is 3. The Balaban J connectivity index is 1.18. The van der Waals surface area contributed by atoms with Gasteiger partial charge >= 0.3 is 0 Å². The minimum Gasteiger partial charge on any atom is -0.493 e. The number of nitrogens with zero attached hydrogens (tertiary/aromatic N) is 3. The Labute approximate surface area is 344 Å². The van der Waals surface area contributed by atoms with Crippen LogP contribution in [-0.4, -0.2) is 50.2 Å². The Morgan fingerprint density at radius 2 is 1.79 bits per heavy atom. The van der Waals surface area contributed by atoms with Crippen LogP contribution in [0, 0.1) is 0 Å². The molecule has 0 spiro atoms. The molecule has 1 aliphatic rings. The second-order valence-electron chi connectivity index (χ2n) is 11.7. The fraction of sp³-hybridized carbons (Fsp3) is 0.105. The molecule has 2 heterocycles. The molecular formula is C38H30BrCl2N5O8S2. The first-order valence-corrected chi connectivity index (χ1v) is 20.2. The summed E-state index contributed by atoms with van der Waals surface area (Å²) in [5.41, 5.74) is 2.28. The number of nitrogens with two attached hydrogens (primary N) is 1. The molecule has 6 rings (SSSR count). The first-order chi connectivity index (χ1) is 26.9. The van der Waals surface area contributed by atoms with Crippen molar-refractivity contribution in [2.75, 3.05) is 19.0 Å². The molecule has 0 unspecified atom stereocenters. The van der Waals surface area contributed by atoms with Crippen LogP contribution in [0.25, 0.3) is 6.08 Å². The number of sulfonamides is 1. The molecule has 5 aromatic rings. The van der Waals surface area contributed by atoms with Crippen molar-refractivity contribution in [3.8, 4) is 17.2 Å². The molecule has 0 atom stereocenters. The number of thioether (sulfide) groups is 1. The lowest BCUT2D eigenvalue weighted by atomic mass is 10.2. The van der Waals surface area contributed by atoms with Crippen molar-refractivity contribution in [3.05, 3.63) is 139 Å². The minimum absolute atomic E-state index is 0.0867. The summed E-state index contributed by atoms with van der Waals surface area (Å²) in [4.78, 5) is 28.2. The fourth-order valence-corrected chi connectivity index (χ4v) is 7.36. The number of carbonyl (C=O) groups is 2. The maximum Gasteiger partial charge on any atom is 0.267 e. The van der Waals surface area contributed by atoms with E-state index in [2.05, 4.69) is 31.4 Å². The first-order valence-electron chi connectivity index (χ1n) is 16.3. The number of hydrogen-bond acceptors (Lipinski definition) is 11. The topological polar surface area (TPSA) is 175 Å². The van der Waals surface area contributed by atoms with E-state index in [1.54, 1.807) is 72.8 Å². The van der Waals surface area contributed by atoms with E-state index in [4.69, 9.17) is 47.0 Å². The van der Waals surface area contributed by atoms with Crippen molar-refractivity contribution >= 4 is 95.9 Å². The zero-order valence-electron chi connectivity index (χ0n) is 29.1. The van der Waals surface area contributed by atoms with Crippen molar-refractivity contribution in [1.82, 2.24) is 4.90 Å². The van der Waals surface area contributed by atoms with Gasteiger partial charge in [-0.05, 0) is 108 Å². The van der Waals surface area contributed by atoms with Gasteiger partial charge < -0.3 is 23.9 Å². The summed E-state index contributed by atoms with van der Waals surface area (Å²) in [5.74, 6) is 0.968. The normalized spacial score (nSPS) is 14.5. The van der Waals surface area contributed by atoms with Crippen LogP contribution in [0.3, 0.4) is 0 Å². The van der Waals surface area contributed by atoms with Crippen LogP contribution in [0.1, 0.15) is 22.5 Å². The molecule has 0 saturated carbocycles. The van der Waals surface area contributed by atoms with Gasteiger partial charge in [-0.1, -0.05) is 45.2 Å². The van der Waals surface area contributed by atoms with E-state index in [9.17, 15) is 18.0 Å². The monoisotopic (exact) mass is 897 g/mol. The predicted octanol–water partition coefficient (Wildman–Crippen LogP) is 8.11. The highest BCUT2D eigenvalue weighted by Crippen LogP contribution is 2.36. The van der Waals surface area contributed by atoms with Gasteiger partial charge in [-0.15, -0.1) is 5.10 Å². The number of rotatable bonds is 14. The number of nitrogens with one attached hydrogen (secondary N) is 1. The van der Waals surface area contributed by atoms with E-state index in [1.807, 2.05) is 0 Å². The molecule has 1 fully saturated rings. The van der Waals surface area contributed by atoms with Crippen LogP contribution in [0.5, 0.6) is 17.2 Å². The summed E-state index contributed by atoms with van der Waals surface area (Å²) in [5, 5.41) is 17.8. The van der Waals surface area contributed by atoms with Crippen LogP contribution < -0.4 is 24.7 Å². The molecule has 56 heavy (non-hydrogen) atoms. The number of halogens is 3. The van der Waals surface area contributed by atoms with Gasteiger partial charge in [0, 0.05) is 31.3 Å². The summed E-state index contributed by atoms with van der Waals surface area (Å²) >= 11 is 16.9. The first kappa shape index (κ1) is 40.6. The van der Waals surface area contributed by atoms with Crippen molar-refractivity contribution < 1.29 is 36.6 Å². The molecule has 13 nitrogen and oxygen atoms in total. The lowest BCUT2D eigenvalue weighted by Crippen LogP contribution is -2.28. The van der Waals surface area contributed by atoms with E-state index in [-0.39, 0.29) is 30.6 Å². The Bertz CT molecular complexity index is 2460. The molecule has 1 aliphatic heterocycles. The highest BCUT2D eigenvalue weighted by atomic mass is 79.9. The van der Waals surface area contributed by atoms with E-state index in [0.717, 1.165) is 17.3 Å². The van der Waals surface area contributed by atoms with Gasteiger partial charge in [-0.2, -0.15) is 5.10 Å². The highest BCUT2D eigenvalue weighted by molar-refractivity contribution is 9.10. The number of anilines is 1. The average Bonchev–Trinajstić information content (AvgIpc) is 3.78. The van der Waals surface area contributed by atoms with Gasteiger partial charge in [-0.25, -0.2) is 13.6 Å². The quantitative estimate of drug-likeness (QED) is 0.0634. The van der Waals surface area contributed by atoms with Gasteiger partial charge in [-0.3, -0.25) is 14.5 Å². The van der Waals surface area contributed by atoms with Gasteiger partial charge in [0.2, 0.25) is 10.0 Å². The number of amidine groups is 1. The van der Waals surface area contributed by atoms with Gasteiger partial charge in [0.15, 0.2) is 23.3 Å². The lowest BCUT2D eigenvalue weighted by Gasteiger charge is -2.13. The summed E-state index contributed by atoms with van der Waals surface area (Å²) in [6, 6.07) is 24.4. The number of hydrogen-bond donors (Lipinski definition) is 2. The molecule has 0 aliphatic carbocycles. The Morgan fingerprint density at radius 1 is 1.00 bits per heavy atom. The van der Waals surface area contributed by atoms with Crippen molar-refractivity contribution in [3.63, 3.8) is 0 Å². The molecule has 4 aromatic carbocycles. The number of furan rings is 1. The summed E-state index contributed by atoms with van der Waals surface area (Å²) in [6.07, 6.45) is 4.67. The van der Waals surface area contributed by atoms with Gasteiger partial charge in [0.05, 0.1) is 35.9 Å². The molecule has 1 saturated heterocycles. The third-order valence-corrected chi connectivity index (χ3v) is 10.8. The lowest BCUT2D eigenvalue weighted by molar-refractivity contribution is -0.122. The number of methoxy groups -OCH3 is 1. The van der Waals surface area contributed by atoms with Crippen LogP contribution in [-0.2, 0) is 32.8 Å². The third-order valence-electron chi connectivity index (χ3n) is 7.80. The summed E-state index contributed by atoms with van der Waals surface area (Å²) in [7, 11) is -2.35. The Kier molecular flexibility index (Phi) is 13.2. The number of carbonyl (C=O) groups excluding carboxylic acids is 2. The summed E-state index contributed by atoms with van der Waals surface area (Å²) in [6.45, 7) is -0.0796. The van der Waals surface area contributed by atoms with E-state index >= 15 is 0 Å². The number of benzene rings is 4. The van der Waals surface area contributed by atoms with Crippen LogP contribution in [0.15, 0.2) is 126 Å². The smallest absolute Gasteiger partial charge is 0.267 e. The zero-order valence-corrected chi connectivity index (χ0v) is 33.9. The fourth-order valence-electron chi connectivity index (χ4n) is 5.08. The van der Waals surface area contributed by atoms with Crippen molar-refractivity contribution in [2.45, 2.75) is 18.0 Å². The molecule has 288 valence electrons. The predicted molar refractivity (Wildman–Crippen MR) is 220 cm³/mol. The maximum absolute atomic E-state index is 13.8. The number of primary sulfonamides is 1. The molecular weight excluding hydrogens is 869 g/mol. The molecule has 0 bridgehead atoms. The van der Waals surface area contributed by atoms with Crippen molar-refractivity contribution in [2.24, 2.45) is 15.3 Å². The van der Waals surface area contributed by atoms with E-state index < -0.39 is 15.9 Å². The summed E-state index contributed by atoms with van der Waals surface area (Å²) < 4.78 is 46.6. The molecule has 1 aromatic heterocycles. The van der Waals surface area contributed by atoms with Crippen molar-refractivity contribution in [1.29, 1.82) is 0 Å². The average molecular weight is 900 g/mol. The second kappa shape index (κ2) is 18.2. The molecule has 0 radical (unpaired) electrons. The third kappa shape index (κ3) is 10.6. The maximum atomic E-state index is 13.8. The van der Waals surface area contributed by atoms with E-state index in [0.29, 0.717) is 64.4 Å². The van der Waals surface area contributed by atoms with Crippen LogP contribution in [0.4, 0.5) is 5.69 Å². The van der Waals surface area contributed by atoms with Crippen LogP contribution >= 0.6 is 50.9 Å². The molecule has 3 N–H and O–H groups in total. The molecule has 18 heteroatoms. The standard InChI is InChI=1S/C38H30BrCl2N5O8S2/c1-51-34-15-23(4-12-33(34)53-21-24-5-7-27(40)18-31(24)41)19-43-45-38-46(20-29-3-2-14-52-29)37(48)35(55-38)17-25-16-26(39)6-13-32(25)54-22-36(47)44-28-8-10-30(11-9-28)56(42,49)50/h2-19H,20-22H2,1H3,(H,44,47)(H2,42,49,50)/b35-17-,43-19-,45-38+. The second-order valence-corrected chi connectivity index (χ2v) is 16.1. The van der Waals surface area contributed by atoms with E-state index in [1.165, 1.54) is 48.8 Å². The highest BCUT2D eigenvalue weighted by Gasteiger charge is 2.34. The zero-order chi connectivity index (χ0) is 39.8. The largest absolute Gasteiger partial charge is 0.493 e. The van der Waals surface area contributed by atoms with Gasteiger partial charge in [0.25, 0.3) is 11.8 Å². The number of amides is 2. The Hall–Kier alpha value is -5.10. The van der Waals surface area contributed by atoms with Crippen LogP contribution in [0.2, 0.25) is 10.0 Å². The SMILES string of the molecule is COc1cc(/C=N\N=C2\S/C(=C\c3cc(Br)ccc3OCC(=O)Nc3ccc(S(N)(=O)=O)cc3)C(=O)N2Cc2ccco2)ccc1OCc1ccc(Cl)cc1Cl. The minimum atomic E-state index is -3.88. The Morgan fingerprint density at radius 3 is 2.50 bits per heavy atom. The van der Waals surface area contributed by atoms with Gasteiger partial charge in [0.1, 0.15) is 18.1 Å².